The summed E-state index contributed by atoms with van der Waals surface area (Å²) in [6.45, 7) is 0.541. The van der Waals surface area contributed by atoms with E-state index in [1.54, 1.807) is 0 Å². The average molecular weight is 218 g/mol. The van der Waals surface area contributed by atoms with Crippen LogP contribution >= 0.6 is 0 Å². The van der Waals surface area contributed by atoms with Crippen LogP contribution in [0.3, 0.4) is 0 Å². The van der Waals surface area contributed by atoms with Crippen LogP contribution in [0.25, 0.3) is 0 Å². The van der Waals surface area contributed by atoms with E-state index >= 15 is 0 Å². The van der Waals surface area contributed by atoms with E-state index in [4.69, 9.17) is 5.11 Å². The fourth-order valence-electron chi connectivity index (χ4n) is 1.26. The molecule has 0 unspecified atom stereocenters. The molecule has 0 saturated heterocycles. The highest BCUT2D eigenvalue weighted by molar-refractivity contribution is 5.45. The van der Waals surface area contributed by atoms with E-state index < -0.39 is 29.2 Å². The Morgan fingerprint density at radius 3 is 2.67 bits per heavy atom. The van der Waals surface area contributed by atoms with E-state index in [1.165, 1.54) is 6.92 Å². The summed E-state index contributed by atoms with van der Waals surface area (Å²) in [5.74, 6) is 0. The van der Waals surface area contributed by atoms with Crippen molar-refractivity contribution in [1.82, 2.24) is 4.98 Å². The third-order valence-electron chi connectivity index (χ3n) is 2.01. The summed E-state index contributed by atoms with van der Waals surface area (Å²) in [4.78, 5) is 13.1. The van der Waals surface area contributed by atoms with Crippen molar-refractivity contribution < 1.29 is 18.8 Å². The molecule has 82 valence electrons. The molecule has 0 aliphatic carbocycles. The third kappa shape index (κ3) is 2.07. The summed E-state index contributed by atoms with van der Waals surface area (Å²) in [7, 11) is 0. The van der Waals surface area contributed by atoms with E-state index in [0.29, 0.717) is 0 Å². The van der Waals surface area contributed by atoms with E-state index in [-0.39, 0.29) is 11.3 Å². The van der Waals surface area contributed by atoms with Gasteiger partial charge in [-0.15, -0.1) is 0 Å². The molecule has 0 aliphatic rings. The number of aliphatic hydroxyl groups excluding tert-OH is 1. The SMILES string of the molecule is Cc1c([N+](=O)[O-])cnc(CO)c1C(F)F. The Labute approximate surface area is 83.5 Å². The average Bonchev–Trinajstić information content (AvgIpc) is 2.15. The first kappa shape index (κ1) is 11.4. The minimum Gasteiger partial charge on any atom is -0.390 e. The maximum atomic E-state index is 12.5. The van der Waals surface area contributed by atoms with Gasteiger partial charge in [-0.05, 0) is 6.92 Å². The topological polar surface area (TPSA) is 76.3 Å². The molecule has 0 amide bonds. The first-order valence-corrected chi connectivity index (χ1v) is 4.00. The molecule has 5 nitrogen and oxygen atoms in total. The van der Waals surface area contributed by atoms with Crippen LogP contribution in [-0.4, -0.2) is 15.0 Å². The van der Waals surface area contributed by atoms with Crippen LogP contribution in [0.2, 0.25) is 0 Å². The van der Waals surface area contributed by atoms with Crippen LogP contribution in [0.4, 0.5) is 14.5 Å². The number of alkyl halides is 2. The van der Waals surface area contributed by atoms with Gasteiger partial charge in [-0.1, -0.05) is 0 Å². The second-order valence-electron chi connectivity index (χ2n) is 2.84. The van der Waals surface area contributed by atoms with Gasteiger partial charge in [-0.3, -0.25) is 15.1 Å². The molecule has 0 fully saturated rings. The van der Waals surface area contributed by atoms with Gasteiger partial charge in [0.15, 0.2) is 0 Å². The Morgan fingerprint density at radius 1 is 1.67 bits per heavy atom. The van der Waals surface area contributed by atoms with Crippen molar-refractivity contribution in [3.05, 3.63) is 33.1 Å². The molecular formula is C8H8F2N2O3. The number of nitrogens with zero attached hydrogens (tertiary/aromatic N) is 2. The van der Waals surface area contributed by atoms with Crippen molar-refractivity contribution in [2.24, 2.45) is 0 Å². The molecule has 0 bridgehead atoms. The highest BCUT2D eigenvalue weighted by Crippen LogP contribution is 2.30. The highest BCUT2D eigenvalue weighted by atomic mass is 19.3. The standard InChI is InChI=1S/C8H8F2N2O3/c1-4-6(12(14)15)2-11-5(3-13)7(4)8(9)10/h2,8,13H,3H2,1H3. The van der Waals surface area contributed by atoms with Crippen molar-refractivity contribution in [1.29, 1.82) is 0 Å². The summed E-state index contributed by atoms with van der Waals surface area (Å²) in [6.07, 6.45) is -2.02. The van der Waals surface area contributed by atoms with Crippen LogP contribution in [0.1, 0.15) is 23.2 Å². The number of pyridine rings is 1. The minimum atomic E-state index is -2.89. The molecule has 0 spiro atoms. The molecule has 1 rings (SSSR count). The highest BCUT2D eigenvalue weighted by Gasteiger charge is 2.23. The summed E-state index contributed by atoms with van der Waals surface area (Å²) in [6, 6.07) is 0. The molecule has 1 aromatic heterocycles. The number of hydrogen-bond acceptors (Lipinski definition) is 4. The minimum absolute atomic E-state index is 0.158. The van der Waals surface area contributed by atoms with Crippen LogP contribution in [0, 0.1) is 17.0 Å². The van der Waals surface area contributed by atoms with Crippen molar-refractivity contribution in [2.45, 2.75) is 20.0 Å². The lowest BCUT2D eigenvalue weighted by Gasteiger charge is -2.08. The van der Waals surface area contributed by atoms with Crippen molar-refractivity contribution >= 4 is 5.69 Å². The van der Waals surface area contributed by atoms with E-state index in [2.05, 4.69) is 4.98 Å². The molecule has 0 radical (unpaired) electrons. The zero-order valence-electron chi connectivity index (χ0n) is 7.78. The molecular weight excluding hydrogens is 210 g/mol. The van der Waals surface area contributed by atoms with Crippen LogP contribution in [0.5, 0.6) is 0 Å². The fourth-order valence-corrected chi connectivity index (χ4v) is 1.26. The maximum Gasteiger partial charge on any atom is 0.290 e. The molecule has 1 aromatic rings. The molecule has 1 heterocycles. The van der Waals surface area contributed by atoms with Gasteiger partial charge in [0.2, 0.25) is 0 Å². The number of rotatable bonds is 3. The third-order valence-corrected chi connectivity index (χ3v) is 2.01. The van der Waals surface area contributed by atoms with Gasteiger partial charge in [0.25, 0.3) is 12.1 Å². The lowest BCUT2D eigenvalue weighted by molar-refractivity contribution is -0.385. The molecule has 0 aliphatic heterocycles. The lowest BCUT2D eigenvalue weighted by atomic mass is 10.1. The predicted octanol–water partition coefficient (Wildman–Crippen LogP) is 1.73. The number of halogens is 2. The van der Waals surface area contributed by atoms with Gasteiger partial charge in [0, 0.05) is 5.56 Å². The summed E-state index contributed by atoms with van der Waals surface area (Å²) >= 11 is 0. The Kier molecular flexibility index (Phi) is 3.25. The normalized spacial score (nSPS) is 10.7. The molecule has 7 heteroatoms. The van der Waals surface area contributed by atoms with Crippen LogP contribution in [-0.2, 0) is 6.61 Å². The van der Waals surface area contributed by atoms with Crippen LogP contribution in [0.15, 0.2) is 6.20 Å². The van der Waals surface area contributed by atoms with Gasteiger partial charge in [-0.25, -0.2) is 8.78 Å². The van der Waals surface area contributed by atoms with E-state index in [9.17, 15) is 18.9 Å². The Hall–Kier alpha value is -1.63. The number of nitro groups is 1. The van der Waals surface area contributed by atoms with Gasteiger partial charge < -0.3 is 5.11 Å². The zero-order chi connectivity index (χ0) is 11.6. The lowest BCUT2D eigenvalue weighted by Crippen LogP contribution is -2.04. The summed E-state index contributed by atoms with van der Waals surface area (Å²) in [5.41, 5.74) is -1.42. The number of aliphatic hydroxyl groups is 1. The van der Waals surface area contributed by atoms with Gasteiger partial charge in [-0.2, -0.15) is 0 Å². The van der Waals surface area contributed by atoms with E-state index in [0.717, 1.165) is 6.20 Å². The van der Waals surface area contributed by atoms with Crippen molar-refractivity contribution in [2.75, 3.05) is 0 Å². The summed E-state index contributed by atoms with van der Waals surface area (Å²) < 4.78 is 25.1. The molecule has 0 atom stereocenters. The van der Waals surface area contributed by atoms with E-state index in [1.807, 2.05) is 0 Å². The number of hydrogen-bond donors (Lipinski definition) is 1. The molecule has 0 aromatic carbocycles. The van der Waals surface area contributed by atoms with Gasteiger partial charge in [0.1, 0.15) is 6.20 Å². The zero-order valence-corrected chi connectivity index (χ0v) is 7.78. The first-order valence-electron chi connectivity index (χ1n) is 4.00. The Bertz CT molecular complexity index is 396. The number of aromatic nitrogens is 1. The second-order valence-corrected chi connectivity index (χ2v) is 2.84. The van der Waals surface area contributed by atoms with Crippen molar-refractivity contribution in [3.63, 3.8) is 0 Å². The Morgan fingerprint density at radius 2 is 2.27 bits per heavy atom. The maximum absolute atomic E-state index is 12.5. The largest absolute Gasteiger partial charge is 0.390 e. The second kappa shape index (κ2) is 4.26. The quantitative estimate of drug-likeness (QED) is 0.619. The monoisotopic (exact) mass is 218 g/mol. The van der Waals surface area contributed by atoms with Gasteiger partial charge in [0.05, 0.1) is 22.8 Å². The smallest absolute Gasteiger partial charge is 0.290 e. The Balaban J connectivity index is 3.42. The summed E-state index contributed by atoms with van der Waals surface area (Å²) in [5, 5.41) is 19.2. The van der Waals surface area contributed by atoms with Gasteiger partial charge >= 0.3 is 0 Å². The molecule has 1 N–H and O–H groups in total. The molecule has 15 heavy (non-hydrogen) atoms. The van der Waals surface area contributed by atoms with Crippen LogP contribution < -0.4 is 0 Å². The fraction of sp³-hybridized carbons (Fsp3) is 0.375. The molecule has 0 saturated carbocycles. The van der Waals surface area contributed by atoms with Crippen molar-refractivity contribution in [3.8, 4) is 0 Å². The first-order chi connectivity index (χ1) is 6.99. The predicted molar refractivity (Wildman–Crippen MR) is 46.5 cm³/mol.